The maximum absolute atomic E-state index is 11.9. The van der Waals surface area contributed by atoms with Crippen LogP contribution in [0.25, 0.3) is 0 Å². The highest BCUT2D eigenvalue weighted by atomic mass is 16.7. The van der Waals surface area contributed by atoms with E-state index in [0.29, 0.717) is 5.76 Å². The van der Waals surface area contributed by atoms with E-state index < -0.39 is 17.5 Å². The first-order valence-corrected chi connectivity index (χ1v) is 6.77. The van der Waals surface area contributed by atoms with Crippen LogP contribution in [-0.4, -0.2) is 12.1 Å². The zero-order chi connectivity index (χ0) is 14.4. The van der Waals surface area contributed by atoms with Crippen LogP contribution in [0, 0.1) is 5.41 Å². The lowest BCUT2D eigenvalue weighted by atomic mass is 9.76. The maximum Gasteiger partial charge on any atom is 0.441 e. The fraction of sp³-hybridized carbons (Fsp3) is 0.571. The molecule has 6 nitrogen and oxygen atoms in total. The first kappa shape index (κ1) is 14.4. The quantitative estimate of drug-likeness (QED) is 0.862. The smallest absolute Gasteiger partial charge is 0.441 e. The number of carbonyl (C=O) groups is 2. The van der Waals surface area contributed by atoms with E-state index in [-0.39, 0.29) is 6.61 Å². The number of nitrogens with one attached hydrogen (secondary N) is 1. The standard InChI is InChI=1S/C14H19NO5/c1-14(7-3-2-4-8-14)12(16)20-15-13(17)19-10-11-6-5-9-18-11/h5-6,9H,2-4,7-8,10H2,1H3,(H,15,17). The van der Waals surface area contributed by atoms with Crippen molar-refractivity contribution >= 4 is 12.1 Å². The van der Waals surface area contributed by atoms with Gasteiger partial charge < -0.3 is 14.0 Å². The molecule has 110 valence electrons. The number of carbonyl (C=O) groups excluding carboxylic acids is 2. The van der Waals surface area contributed by atoms with E-state index in [2.05, 4.69) is 0 Å². The van der Waals surface area contributed by atoms with E-state index in [4.69, 9.17) is 14.0 Å². The Labute approximate surface area is 117 Å². The van der Waals surface area contributed by atoms with Gasteiger partial charge in [0.2, 0.25) is 0 Å². The van der Waals surface area contributed by atoms with Gasteiger partial charge in [0, 0.05) is 0 Å². The van der Waals surface area contributed by atoms with Gasteiger partial charge in [0.15, 0.2) is 6.61 Å². The highest BCUT2D eigenvalue weighted by Crippen LogP contribution is 2.36. The molecular weight excluding hydrogens is 262 g/mol. The summed E-state index contributed by atoms with van der Waals surface area (Å²) in [5, 5.41) is 0. The zero-order valence-corrected chi connectivity index (χ0v) is 11.5. The molecule has 0 unspecified atom stereocenters. The molecule has 0 saturated heterocycles. The van der Waals surface area contributed by atoms with E-state index in [9.17, 15) is 9.59 Å². The molecule has 0 aliphatic heterocycles. The minimum Gasteiger partial charge on any atom is -0.466 e. The van der Waals surface area contributed by atoms with Gasteiger partial charge in [0.1, 0.15) is 5.76 Å². The van der Waals surface area contributed by atoms with Gasteiger partial charge in [0.05, 0.1) is 11.7 Å². The Bertz CT molecular complexity index is 448. The number of ether oxygens (including phenoxy) is 1. The van der Waals surface area contributed by atoms with Crippen LogP contribution in [0.4, 0.5) is 4.79 Å². The molecule has 0 radical (unpaired) electrons. The molecule has 6 heteroatoms. The monoisotopic (exact) mass is 281 g/mol. The third kappa shape index (κ3) is 3.76. The maximum atomic E-state index is 11.9. The van der Waals surface area contributed by atoms with Crippen molar-refractivity contribution in [2.45, 2.75) is 45.6 Å². The second-order valence-electron chi connectivity index (χ2n) is 5.27. The first-order chi connectivity index (χ1) is 9.60. The van der Waals surface area contributed by atoms with Crippen LogP contribution < -0.4 is 5.48 Å². The van der Waals surface area contributed by atoms with Crippen molar-refractivity contribution in [2.24, 2.45) is 5.41 Å². The van der Waals surface area contributed by atoms with Gasteiger partial charge in [-0.2, -0.15) is 0 Å². The number of hydrogen-bond donors (Lipinski definition) is 1. The predicted octanol–water partition coefficient (Wildman–Crippen LogP) is 2.93. The lowest BCUT2D eigenvalue weighted by Gasteiger charge is -2.30. The molecule has 1 aromatic heterocycles. The van der Waals surface area contributed by atoms with E-state index in [1.54, 1.807) is 12.1 Å². The number of hydrogen-bond acceptors (Lipinski definition) is 5. The van der Waals surface area contributed by atoms with Gasteiger partial charge in [-0.15, -0.1) is 5.48 Å². The molecule has 0 aromatic carbocycles. The summed E-state index contributed by atoms with van der Waals surface area (Å²) in [6, 6.07) is 3.38. The van der Waals surface area contributed by atoms with Crippen molar-refractivity contribution in [2.75, 3.05) is 0 Å². The topological polar surface area (TPSA) is 77.8 Å². The van der Waals surface area contributed by atoms with Crippen molar-refractivity contribution in [1.82, 2.24) is 5.48 Å². The summed E-state index contributed by atoms with van der Waals surface area (Å²) in [5.41, 5.74) is 1.51. The zero-order valence-electron chi connectivity index (χ0n) is 11.5. The molecule has 0 bridgehead atoms. The normalized spacial score (nSPS) is 17.2. The molecule has 0 atom stereocenters. The molecule has 1 aliphatic rings. The van der Waals surface area contributed by atoms with Crippen molar-refractivity contribution in [3.05, 3.63) is 24.2 Å². The lowest BCUT2D eigenvalue weighted by Crippen LogP contribution is -2.37. The fourth-order valence-corrected chi connectivity index (χ4v) is 2.31. The molecule has 1 saturated carbocycles. The van der Waals surface area contributed by atoms with E-state index in [0.717, 1.165) is 32.1 Å². The Morgan fingerprint density at radius 2 is 2.10 bits per heavy atom. The highest BCUT2D eigenvalue weighted by Gasteiger charge is 2.36. The Hall–Kier alpha value is -1.98. The van der Waals surface area contributed by atoms with E-state index >= 15 is 0 Å². The molecule has 0 spiro atoms. The Kier molecular flexibility index (Phi) is 4.65. The third-order valence-corrected chi connectivity index (χ3v) is 3.60. The second-order valence-corrected chi connectivity index (χ2v) is 5.27. The summed E-state index contributed by atoms with van der Waals surface area (Å²) in [7, 11) is 0. The number of hydroxylamine groups is 1. The van der Waals surface area contributed by atoms with Crippen LogP contribution in [0.1, 0.15) is 44.8 Å². The van der Waals surface area contributed by atoms with Crippen LogP contribution in [-0.2, 0) is 21.0 Å². The van der Waals surface area contributed by atoms with Gasteiger partial charge in [-0.25, -0.2) is 9.59 Å². The van der Waals surface area contributed by atoms with Crippen molar-refractivity contribution in [3.63, 3.8) is 0 Å². The SMILES string of the molecule is CC1(C(=O)ONC(=O)OCc2ccco2)CCCCC1. The van der Waals surface area contributed by atoms with Crippen LogP contribution in [0.3, 0.4) is 0 Å². The number of rotatable bonds is 3. The summed E-state index contributed by atoms with van der Waals surface area (Å²) in [5.74, 6) is 0.109. The molecule has 2 rings (SSSR count). The Morgan fingerprint density at radius 1 is 1.35 bits per heavy atom. The summed E-state index contributed by atoms with van der Waals surface area (Å²) in [6.07, 6.45) is 5.41. The number of amides is 1. The third-order valence-electron chi connectivity index (χ3n) is 3.60. The Balaban J connectivity index is 1.71. The van der Waals surface area contributed by atoms with Gasteiger partial charge >= 0.3 is 12.1 Å². The van der Waals surface area contributed by atoms with E-state index in [1.165, 1.54) is 6.26 Å². The van der Waals surface area contributed by atoms with Gasteiger partial charge in [0.25, 0.3) is 0 Å². The van der Waals surface area contributed by atoms with Crippen LogP contribution in [0.5, 0.6) is 0 Å². The average molecular weight is 281 g/mol. The summed E-state index contributed by atoms with van der Waals surface area (Å²) in [4.78, 5) is 28.1. The molecule has 20 heavy (non-hydrogen) atoms. The summed E-state index contributed by atoms with van der Waals surface area (Å²) < 4.78 is 9.84. The van der Waals surface area contributed by atoms with Gasteiger partial charge in [-0.3, -0.25) is 0 Å². The molecule has 1 N–H and O–H groups in total. The summed E-state index contributed by atoms with van der Waals surface area (Å²) in [6.45, 7) is 1.86. The van der Waals surface area contributed by atoms with Gasteiger partial charge in [-0.05, 0) is 31.9 Å². The van der Waals surface area contributed by atoms with Gasteiger partial charge in [-0.1, -0.05) is 19.3 Å². The van der Waals surface area contributed by atoms with Crippen LogP contribution in [0.15, 0.2) is 22.8 Å². The second kappa shape index (κ2) is 6.45. The first-order valence-electron chi connectivity index (χ1n) is 6.77. The van der Waals surface area contributed by atoms with Crippen LogP contribution >= 0.6 is 0 Å². The molecule has 1 fully saturated rings. The molecule has 1 heterocycles. The average Bonchev–Trinajstić information content (AvgIpc) is 2.96. The van der Waals surface area contributed by atoms with Crippen molar-refractivity contribution in [3.8, 4) is 0 Å². The van der Waals surface area contributed by atoms with E-state index in [1.807, 2.05) is 12.4 Å². The lowest BCUT2D eigenvalue weighted by molar-refractivity contribution is -0.163. The minimum atomic E-state index is -0.811. The minimum absolute atomic E-state index is 0.00630. The number of furan rings is 1. The van der Waals surface area contributed by atoms with Crippen molar-refractivity contribution < 1.29 is 23.6 Å². The predicted molar refractivity (Wildman–Crippen MR) is 69.3 cm³/mol. The summed E-state index contributed by atoms with van der Waals surface area (Å²) >= 11 is 0. The van der Waals surface area contributed by atoms with Crippen LogP contribution in [0.2, 0.25) is 0 Å². The van der Waals surface area contributed by atoms with Crippen molar-refractivity contribution in [1.29, 1.82) is 0 Å². The fourth-order valence-electron chi connectivity index (χ4n) is 2.31. The Morgan fingerprint density at radius 3 is 2.75 bits per heavy atom. The highest BCUT2D eigenvalue weighted by molar-refractivity contribution is 5.78. The molecule has 1 aromatic rings. The molecular formula is C14H19NO5. The molecule has 1 aliphatic carbocycles. The molecule has 1 amide bonds. The largest absolute Gasteiger partial charge is 0.466 e.